The van der Waals surface area contributed by atoms with E-state index in [9.17, 15) is 9.59 Å². The van der Waals surface area contributed by atoms with Gasteiger partial charge in [0.05, 0.1) is 17.6 Å². The fourth-order valence-corrected chi connectivity index (χ4v) is 2.23. The SMILES string of the molecule is NC(=O)CNC(=O)c1cc(C2CC2)nc2ccccc12. The van der Waals surface area contributed by atoms with Gasteiger partial charge in [-0.3, -0.25) is 14.6 Å². The Labute approximate surface area is 116 Å². The van der Waals surface area contributed by atoms with E-state index in [1.54, 1.807) is 0 Å². The van der Waals surface area contributed by atoms with E-state index in [-0.39, 0.29) is 12.5 Å². The monoisotopic (exact) mass is 269 g/mol. The molecule has 5 heteroatoms. The van der Waals surface area contributed by atoms with Crippen molar-refractivity contribution in [1.29, 1.82) is 0 Å². The third-order valence-electron chi connectivity index (χ3n) is 3.40. The fourth-order valence-electron chi connectivity index (χ4n) is 2.23. The molecule has 1 aromatic heterocycles. The highest BCUT2D eigenvalue weighted by Crippen LogP contribution is 2.40. The predicted molar refractivity (Wildman–Crippen MR) is 75.2 cm³/mol. The number of nitrogens with one attached hydrogen (secondary N) is 1. The number of primary amides is 1. The maximum absolute atomic E-state index is 12.2. The number of hydrogen-bond acceptors (Lipinski definition) is 3. The van der Waals surface area contributed by atoms with Crippen LogP contribution >= 0.6 is 0 Å². The minimum Gasteiger partial charge on any atom is -0.368 e. The van der Waals surface area contributed by atoms with Gasteiger partial charge in [0.15, 0.2) is 0 Å². The van der Waals surface area contributed by atoms with E-state index >= 15 is 0 Å². The minimum atomic E-state index is -0.556. The first-order valence-corrected chi connectivity index (χ1v) is 6.61. The Kier molecular flexibility index (Phi) is 3.10. The molecule has 102 valence electrons. The number of para-hydroxylation sites is 1. The largest absolute Gasteiger partial charge is 0.368 e. The Morgan fingerprint density at radius 3 is 2.75 bits per heavy atom. The summed E-state index contributed by atoms with van der Waals surface area (Å²) in [4.78, 5) is 27.6. The number of carbonyl (C=O) groups excluding carboxylic acids is 2. The number of carbonyl (C=O) groups is 2. The Hall–Kier alpha value is -2.43. The van der Waals surface area contributed by atoms with Crippen molar-refractivity contribution >= 4 is 22.7 Å². The summed E-state index contributed by atoms with van der Waals surface area (Å²) < 4.78 is 0. The molecule has 2 aromatic rings. The van der Waals surface area contributed by atoms with Crippen LogP contribution in [0.15, 0.2) is 30.3 Å². The van der Waals surface area contributed by atoms with E-state index in [1.165, 1.54) is 0 Å². The second-order valence-electron chi connectivity index (χ2n) is 5.04. The molecule has 5 nitrogen and oxygen atoms in total. The molecule has 1 saturated carbocycles. The summed E-state index contributed by atoms with van der Waals surface area (Å²) in [5.41, 5.74) is 7.37. The molecule has 1 aromatic carbocycles. The quantitative estimate of drug-likeness (QED) is 0.878. The molecule has 0 radical (unpaired) electrons. The highest BCUT2D eigenvalue weighted by atomic mass is 16.2. The molecule has 2 amide bonds. The summed E-state index contributed by atoms with van der Waals surface area (Å²) in [7, 11) is 0. The van der Waals surface area contributed by atoms with Gasteiger partial charge in [-0.25, -0.2) is 0 Å². The van der Waals surface area contributed by atoms with E-state index < -0.39 is 5.91 Å². The third-order valence-corrected chi connectivity index (χ3v) is 3.40. The second-order valence-corrected chi connectivity index (χ2v) is 5.04. The van der Waals surface area contributed by atoms with Crippen LogP contribution in [0.5, 0.6) is 0 Å². The van der Waals surface area contributed by atoms with E-state index in [2.05, 4.69) is 10.3 Å². The lowest BCUT2D eigenvalue weighted by molar-refractivity contribution is -0.117. The number of nitrogens with two attached hydrogens (primary N) is 1. The topological polar surface area (TPSA) is 85.1 Å². The number of amides is 2. The van der Waals surface area contributed by atoms with Gasteiger partial charge in [0.25, 0.3) is 5.91 Å². The van der Waals surface area contributed by atoms with Crippen LogP contribution < -0.4 is 11.1 Å². The second kappa shape index (κ2) is 4.92. The Morgan fingerprint density at radius 2 is 2.05 bits per heavy atom. The van der Waals surface area contributed by atoms with Gasteiger partial charge in [0.1, 0.15) is 0 Å². The number of benzene rings is 1. The molecule has 0 bridgehead atoms. The van der Waals surface area contributed by atoms with E-state index in [4.69, 9.17) is 5.73 Å². The van der Waals surface area contributed by atoms with Crippen molar-refractivity contribution in [2.24, 2.45) is 5.73 Å². The molecule has 20 heavy (non-hydrogen) atoms. The molecule has 1 aliphatic carbocycles. The van der Waals surface area contributed by atoms with E-state index in [1.807, 2.05) is 30.3 Å². The predicted octanol–water partition coefficient (Wildman–Crippen LogP) is 1.33. The maximum atomic E-state index is 12.2. The van der Waals surface area contributed by atoms with Gasteiger partial charge in [-0.1, -0.05) is 18.2 Å². The molecule has 1 fully saturated rings. The molecule has 1 aliphatic rings. The third kappa shape index (κ3) is 2.47. The van der Waals surface area contributed by atoms with Crippen molar-refractivity contribution in [1.82, 2.24) is 10.3 Å². The van der Waals surface area contributed by atoms with Gasteiger partial charge in [0, 0.05) is 17.0 Å². The van der Waals surface area contributed by atoms with Crippen LogP contribution in [-0.2, 0) is 4.79 Å². The van der Waals surface area contributed by atoms with E-state index in [0.29, 0.717) is 11.5 Å². The number of pyridine rings is 1. The van der Waals surface area contributed by atoms with Crippen LogP contribution in [0, 0.1) is 0 Å². The number of hydrogen-bond donors (Lipinski definition) is 2. The molecular weight excluding hydrogens is 254 g/mol. The van der Waals surface area contributed by atoms with Crippen LogP contribution in [0.25, 0.3) is 10.9 Å². The average molecular weight is 269 g/mol. The van der Waals surface area contributed by atoms with Gasteiger partial charge < -0.3 is 11.1 Å². The first kappa shape index (κ1) is 12.6. The van der Waals surface area contributed by atoms with Gasteiger partial charge in [-0.15, -0.1) is 0 Å². The standard InChI is InChI=1S/C15H15N3O2/c16-14(19)8-17-15(20)11-7-13(9-5-6-9)18-12-4-2-1-3-10(11)12/h1-4,7,9H,5-6,8H2,(H2,16,19)(H,17,20). The number of nitrogens with zero attached hydrogens (tertiary/aromatic N) is 1. The molecule has 3 rings (SSSR count). The molecule has 3 N–H and O–H groups in total. The molecule has 0 aliphatic heterocycles. The minimum absolute atomic E-state index is 0.158. The summed E-state index contributed by atoms with van der Waals surface area (Å²) in [6.07, 6.45) is 2.24. The average Bonchev–Trinajstić information content (AvgIpc) is 3.28. The molecule has 0 atom stereocenters. The summed E-state index contributed by atoms with van der Waals surface area (Å²) in [6, 6.07) is 9.35. The highest BCUT2D eigenvalue weighted by molar-refractivity contribution is 6.07. The molecular formula is C15H15N3O2. The van der Waals surface area contributed by atoms with Gasteiger partial charge in [0.2, 0.25) is 5.91 Å². The zero-order valence-electron chi connectivity index (χ0n) is 10.9. The lowest BCUT2D eigenvalue weighted by Gasteiger charge is -2.09. The van der Waals surface area contributed by atoms with Crippen LogP contribution in [0.1, 0.15) is 34.8 Å². The lowest BCUT2D eigenvalue weighted by Crippen LogP contribution is -2.33. The fraction of sp³-hybridized carbons (Fsp3) is 0.267. The molecule has 1 heterocycles. The van der Waals surface area contributed by atoms with Crippen molar-refractivity contribution in [3.05, 3.63) is 41.6 Å². The van der Waals surface area contributed by atoms with Crippen molar-refractivity contribution in [2.45, 2.75) is 18.8 Å². The van der Waals surface area contributed by atoms with E-state index in [0.717, 1.165) is 29.4 Å². The van der Waals surface area contributed by atoms with Crippen LogP contribution in [0.4, 0.5) is 0 Å². The normalized spacial score (nSPS) is 14.2. The van der Waals surface area contributed by atoms with Crippen LogP contribution in [0.2, 0.25) is 0 Å². The molecule has 0 saturated heterocycles. The lowest BCUT2D eigenvalue weighted by atomic mass is 10.1. The zero-order valence-corrected chi connectivity index (χ0v) is 10.9. The van der Waals surface area contributed by atoms with Crippen molar-refractivity contribution in [3.63, 3.8) is 0 Å². The van der Waals surface area contributed by atoms with Crippen molar-refractivity contribution in [3.8, 4) is 0 Å². The zero-order chi connectivity index (χ0) is 14.1. The van der Waals surface area contributed by atoms with Gasteiger partial charge in [-0.05, 0) is 25.0 Å². The van der Waals surface area contributed by atoms with Gasteiger partial charge >= 0.3 is 0 Å². The Balaban J connectivity index is 2.02. The summed E-state index contributed by atoms with van der Waals surface area (Å²) in [5, 5.41) is 3.33. The van der Waals surface area contributed by atoms with Crippen molar-refractivity contribution < 1.29 is 9.59 Å². The Morgan fingerprint density at radius 1 is 1.30 bits per heavy atom. The number of fused-ring (bicyclic) bond motifs is 1. The summed E-state index contributed by atoms with van der Waals surface area (Å²) >= 11 is 0. The summed E-state index contributed by atoms with van der Waals surface area (Å²) in [6.45, 7) is -0.158. The van der Waals surface area contributed by atoms with Crippen molar-refractivity contribution in [2.75, 3.05) is 6.54 Å². The first-order valence-electron chi connectivity index (χ1n) is 6.61. The number of aromatic nitrogens is 1. The molecule has 0 spiro atoms. The number of rotatable bonds is 4. The summed E-state index contributed by atoms with van der Waals surface area (Å²) in [5.74, 6) is -0.384. The van der Waals surface area contributed by atoms with Crippen LogP contribution in [-0.4, -0.2) is 23.3 Å². The molecule has 0 unspecified atom stereocenters. The Bertz CT molecular complexity index is 693. The maximum Gasteiger partial charge on any atom is 0.252 e. The van der Waals surface area contributed by atoms with Gasteiger partial charge in [-0.2, -0.15) is 0 Å². The first-order chi connectivity index (χ1) is 9.65. The highest BCUT2D eigenvalue weighted by Gasteiger charge is 2.26. The smallest absolute Gasteiger partial charge is 0.252 e. The van der Waals surface area contributed by atoms with Crippen LogP contribution in [0.3, 0.4) is 0 Å².